The summed E-state index contributed by atoms with van der Waals surface area (Å²) in [6, 6.07) is 14.7. The van der Waals surface area contributed by atoms with Crippen LogP contribution in [0, 0.1) is 0 Å². The van der Waals surface area contributed by atoms with Crippen LogP contribution in [0.15, 0.2) is 60.7 Å². The first-order valence-electron chi connectivity index (χ1n) is 8.69. The highest BCUT2D eigenvalue weighted by atomic mass is 19.4. The van der Waals surface area contributed by atoms with Crippen molar-refractivity contribution in [2.75, 3.05) is 5.32 Å². The van der Waals surface area contributed by atoms with Crippen molar-refractivity contribution in [1.29, 1.82) is 0 Å². The van der Waals surface area contributed by atoms with Crippen LogP contribution >= 0.6 is 0 Å². The molecule has 0 atom stereocenters. The number of anilines is 1. The van der Waals surface area contributed by atoms with Crippen molar-refractivity contribution in [3.63, 3.8) is 0 Å². The first-order valence-corrected chi connectivity index (χ1v) is 8.69. The highest BCUT2D eigenvalue weighted by molar-refractivity contribution is 6.21. The lowest BCUT2D eigenvalue weighted by atomic mass is 10.1. The second-order valence-corrected chi connectivity index (χ2v) is 6.57. The Balaban J connectivity index is 1.73. The number of halogens is 3. The summed E-state index contributed by atoms with van der Waals surface area (Å²) in [7, 11) is 0. The standard InChI is InChI=1S/C22H14F3NO3/c1-12(27)26-19-9-6-13(22(23,24)25)10-20(19)29-14-7-8-16-15-4-2-3-5-17(15)21(28)18(16)11-14/h2-11H,1H3,(H,26,27). The third-order valence-corrected chi connectivity index (χ3v) is 4.54. The van der Waals surface area contributed by atoms with E-state index in [0.717, 1.165) is 29.3 Å². The number of fused-ring (bicyclic) bond motifs is 3. The van der Waals surface area contributed by atoms with Crippen LogP contribution in [0.4, 0.5) is 18.9 Å². The molecular formula is C22H14F3NO3. The van der Waals surface area contributed by atoms with E-state index in [1.807, 2.05) is 12.1 Å². The zero-order valence-corrected chi connectivity index (χ0v) is 15.1. The topological polar surface area (TPSA) is 55.4 Å². The van der Waals surface area contributed by atoms with Crippen LogP contribution in [0.25, 0.3) is 11.1 Å². The van der Waals surface area contributed by atoms with Crippen LogP contribution in [0.3, 0.4) is 0 Å². The second-order valence-electron chi connectivity index (χ2n) is 6.57. The fourth-order valence-corrected chi connectivity index (χ4v) is 3.27. The van der Waals surface area contributed by atoms with E-state index in [2.05, 4.69) is 5.32 Å². The minimum atomic E-state index is -4.57. The molecule has 1 aliphatic rings. The van der Waals surface area contributed by atoms with Crippen LogP contribution in [-0.2, 0) is 11.0 Å². The Morgan fingerprint density at radius 2 is 1.59 bits per heavy atom. The van der Waals surface area contributed by atoms with Crippen LogP contribution in [-0.4, -0.2) is 11.7 Å². The van der Waals surface area contributed by atoms with E-state index < -0.39 is 17.6 Å². The summed E-state index contributed by atoms with van der Waals surface area (Å²) in [5.41, 5.74) is 1.71. The van der Waals surface area contributed by atoms with Crippen molar-refractivity contribution >= 4 is 17.4 Å². The van der Waals surface area contributed by atoms with Gasteiger partial charge in [-0.25, -0.2) is 0 Å². The summed E-state index contributed by atoms with van der Waals surface area (Å²) in [6.45, 7) is 1.24. The molecule has 0 aliphatic heterocycles. The molecule has 4 nitrogen and oxygen atoms in total. The predicted molar refractivity (Wildman–Crippen MR) is 101 cm³/mol. The maximum absolute atomic E-state index is 13.1. The van der Waals surface area contributed by atoms with Gasteiger partial charge < -0.3 is 10.1 Å². The number of amides is 1. The molecule has 7 heteroatoms. The minimum Gasteiger partial charge on any atom is -0.455 e. The Labute approximate surface area is 163 Å². The summed E-state index contributed by atoms with van der Waals surface area (Å²) in [4.78, 5) is 24.0. The molecule has 146 valence electrons. The van der Waals surface area contributed by atoms with Gasteiger partial charge in [0.25, 0.3) is 0 Å². The summed E-state index contributed by atoms with van der Waals surface area (Å²) in [6.07, 6.45) is -4.57. The Bertz CT molecular complexity index is 1150. The molecule has 0 spiro atoms. The lowest BCUT2D eigenvalue weighted by Crippen LogP contribution is -2.09. The van der Waals surface area contributed by atoms with Crippen LogP contribution < -0.4 is 10.1 Å². The average Bonchev–Trinajstić information content (AvgIpc) is 2.94. The minimum absolute atomic E-state index is 0.0978. The smallest absolute Gasteiger partial charge is 0.416 e. The molecule has 3 aromatic carbocycles. The van der Waals surface area contributed by atoms with Gasteiger partial charge >= 0.3 is 6.18 Å². The number of hydrogen-bond acceptors (Lipinski definition) is 3. The lowest BCUT2D eigenvalue weighted by molar-refractivity contribution is -0.137. The molecular weight excluding hydrogens is 383 g/mol. The molecule has 1 aliphatic carbocycles. The van der Waals surface area contributed by atoms with Crippen molar-refractivity contribution in [1.82, 2.24) is 0 Å². The van der Waals surface area contributed by atoms with Gasteiger partial charge in [0.2, 0.25) is 5.91 Å². The number of benzene rings is 3. The van der Waals surface area contributed by atoms with E-state index in [9.17, 15) is 22.8 Å². The molecule has 0 bridgehead atoms. The van der Waals surface area contributed by atoms with Crippen molar-refractivity contribution < 1.29 is 27.5 Å². The fourth-order valence-electron chi connectivity index (χ4n) is 3.27. The maximum atomic E-state index is 13.1. The summed E-state index contributed by atoms with van der Waals surface area (Å²) in [5.74, 6) is -0.602. The summed E-state index contributed by atoms with van der Waals surface area (Å²) >= 11 is 0. The van der Waals surface area contributed by atoms with Crippen LogP contribution in [0.5, 0.6) is 11.5 Å². The number of rotatable bonds is 3. The van der Waals surface area contributed by atoms with Gasteiger partial charge in [-0.15, -0.1) is 0 Å². The van der Waals surface area contributed by atoms with Gasteiger partial charge in [0.15, 0.2) is 11.5 Å². The van der Waals surface area contributed by atoms with E-state index in [0.29, 0.717) is 11.1 Å². The molecule has 0 saturated carbocycles. The highest BCUT2D eigenvalue weighted by Crippen LogP contribution is 2.41. The third-order valence-electron chi connectivity index (χ3n) is 4.54. The molecule has 3 aromatic rings. The largest absolute Gasteiger partial charge is 0.455 e. The molecule has 0 unspecified atom stereocenters. The molecule has 0 radical (unpaired) electrons. The van der Waals surface area contributed by atoms with Gasteiger partial charge in [-0.05, 0) is 47.5 Å². The number of carbonyl (C=O) groups excluding carboxylic acids is 2. The molecule has 0 fully saturated rings. The first kappa shape index (κ1) is 18.7. The third kappa shape index (κ3) is 3.47. The van der Waals surface area contributed by atoms with Gasteiger partial charge in [0.05, 0.1) is 11.3 Å². The van der Waals surface area contributed by atoms with Crippen molar-refractivity contribution in [2.24, 2.45) is 0 Å². The van der Waals surface area contributed by atoms with E-state index in [1.165, 1.54) is 13.0 Å². The second kappa shape index (κ2) is 6.77. The number of carbonyl (C=O) groups is 2. The zero-order chi connectivity index (χ0) is 20.8. The monoisotopic (exact) mass is 397 g/mol. The average molecular weight is 397 g/mol. The van der Waals surface area contributed by atoms with Gasteiger partial charge in [0, 0.05) is 18.1 Å². The molecule has 1 amide bonds. The Morgan fingerprint density at radius 1 is 0.897 bits per heavy atom. The predicted octanol–water partition coefficient (Wildman–Crippen LogP) is 5.67. The maximum Gasteiger partial charge on any atom is 0.416 e. The van der Waals surface area contributed by atoms with E-state index in [1.54, 1.807) is 24.3 Å². The number of hydrogen-bond donors (Lipinski definition) is 1. The van der Waals surface area contributed by atoms with Gasteiger partial charge in [-0.3, -0.25) is 9.59 Å². The summed E-state index contributed by atoms with van der Waals surface area (Å²) < 4.78 is 44.9. The van der Waals surface area contributed by atoms with E-state index in [-0.39, 0.29) is 23.0 Å². The number of nitrogens with one attached hydrogen (secondary N) is 1. The van der Waals surface area contributed by atoms with Gasteiger partial charge in [-0.1, -0.05) is 24.3 Å². The molecule has 4 rings (SSSR count). The SMILES string of the molecule is CC(=O)Nc1ccc(C(F)(F)F)cc1Oc1ccc2c(c1)C(=O)c1ccccc1-2. The van der Waals surface area contributed by atoms with Gasteiger partial charge in [-0.2, -0.15) is 13.2 Å². The Hall–Kier alpha value is -3.61. The van der Waals surface area contributed by atoms with Crippen molar-refractivity contribution in [3.05, 3.63) is 77.4 Å². The highest BCUT2D eigenvalue weighted by Gasteiger charge is 2.32. The quantitative estimate of drug-likeness (QED) is 0.485. The van der Waals surface area contributed by atoms with Gasteiger partial charge in [0.1, 0.15) is 5.75 Å². The summed E-state index contributed by atoms with van der Waals surface area (Å²) in [5, 5.41) is 2.45. The number of ketones is 1. The van der Waals surface area contributed by atoms with Crippen LogP contribution in [0.1, 0.15) is 28.4 Å². The number of alkyl halides is 3. The molecule has 0 saturated heterocycles. The van der Waals surface area contributed by atoms with Crippen molar-refractivity contribution in [3.8, 4) is 22.6 Å². The van der Waals surface area contributed by atoms with E-state index >= 15 is 0 Å². The normalized spacial score (nSPS) is 12.3. The lowest BCUT2D eigenvalue weighted by Gasteiger charge is -2.15. The first-order chi connectivity index (χ1) is 13.7. The number of ether oxygens (including phenoxy) is 1. The zero-order valence-electron chi connectivity index (χ0n) is 15.1. The van der Waals surface area contributed by atoms with Crippen molar-refractivity contribution in [2.45, 2.75) is 13.1 Å². The Kier molecular flexibility index (Phi) is 4.38. The molecule has 0 heterocycles. The fraction of sp³-hybridized carbons (Fsp3) is 0.0909. The molecule has 0 aromatic heterocycles. The van der Waals surface area contributed by atoms with Crippen LogP contribution in [0.2, 0.25) is 0 Å². The Morgan fingerprint density at radius 3 is 2.28 bits per heavy atom. The molecule has 29 heavy (non-hydrogen) atoms. The molecule has 1 N–H and O–H groups in total. The van der Waals surface area contributed by atoms with E-state index in [4.69, 9.17) is 4.74 Å².